The van der Waals surface area contributed by atoms with Crippen molar-refractivity contribution < 1.29 is 25.8 Å². The molecule has 4 aromatic carbocycles. The number of hydrogen-bond donors (Lipinski definition) is 0. The van der Waals surface area contributed by atoms with Crippen LogP contribution in [0, 0.1) is 12.1 Å². The van der Waals surface area contributed by atoms with Gasteiger partial charge in [-0.2, -0.15) is 12.1 Å². The molecule has 5 nitrogen and oxygen atoms in total. The van der Waals surface area contributed by atoms with Crippen LogP contribution in [0.25, 0.3) is 27.6 Å². The van der Waals surface area contributed by atoms with Crippen LogP contribution < -0.4 is 14.5 Å². The summed E-state index contributed by atoms with van der Waals surface area (Å²) in [5.41, 5.74) is 6.62. The molecule has 44 heavy (non-hydrogen) atoms. The SMILES string of the molecule is CC(C)(C)c1ccnc(-n2c3[c-]c(Oc4[c-]c(N5CN(C(C)(C)C)c6ccccc65)ccc4)ccc3c3ccccc32)c1.[Pt+2]. The van der Waals surface area contributed by atoms with E-state index >= 15 is 0 Å². The zero-order valence-corrected chi connectivity index (χ0v) is 28.2. The van der Waals surface area contributed by atoms with Crippen molar-refractivity contribution in [1.82, 2.24) is 9.55 Å². The van der Waals surface area contributed by atoms with Gasteiger partial charge in [0, 0.05) is 28.8 Å². The Hall–Kier alpha value is -4.08. The van der Waals surface area contributed by atoms with Crippen LogP contribution in [0.4, 0.5) is 17.1 Å². The molecule has 0 fully saturated rings. The van der Waals surface area contributed by atoms with E-state index in [2.05, 4.69) is 141 Å². The van der Waals surface area contributed by atoms with Crippen LogP contribution in [0.15, 0.2) is 97.2 Å². The number of rotatable bonds is 4. The second kappa shape index (κ2) is 11.1. The van der Waals surface area contributed by atoms with Crippen molar-refractivity contribution in [3.8, 4) is 17.3 Å². The Kier molecular flexibility index (Phi) is 7.58. The summed E-state index contributed by atoms with van der Waals surface area (Å²) in [6.07, 6.45) is 1.90. The molecule has 0 radical (unpaired) electrons. The molecule has 1 aliphatic rings. The molecule has 0 aliphatic carbocycles. The fourth-order valence-corrected chi connectivity index (χ4v) is 5.94. The summed E-state index contributed by atoms with van der Waals surface area (Å²) in [5, 5.41) is 2.27. The predicted octanol–water partition coefficient (Wildman–Crippen LogP) is 9.58. The second-order valence-corrected chi connectivity index (χ2v) is 13.2. The monoisotopic (exact) mass is 759 g/mol. The number of benzene rings is 4. The Morgan fingerprint density at radius 3 is 2.23 bits per heavy atom. The number of anilines is 3. The average molecular weight is 760 g/mol. The van der Waals surface area contributed by atoms with Crippen LogP contribution in [-0.2, 0) is 26.5 Å². The third-order valence-electron chi connectivity index (χ3n) is 8.22. The van der Waals surface area contributed by atoms with Crippen molar-refractivity contribution in [3.05, 3.63) is 115 Å². The molecule has 0 atom stereocenters. The summed E-state index contributed by atoms with van der Waals surface area (Å²) >= 11 is 0. The second-order valence-electron chi connectivity index (χ2n) is 13.2. The number of pyridine rings is 1. The van der Waals surface area contributed by atoms with Gasteiger partial charge in [-0.15, -0.1) is 35.7 Å². The maximum atomic E-state index is 6.45. The molecule has 0 N–H and O–H groups in total. The molecule has 7 rings (SSSR count). The Morgan fingerprint density at radius 1 is 0.727 bits per heavy atom. The quantitative estimate of drug-likeness (QED) is 0.168. The molecular formula is C38H36N4OPt. The van der Waals surface area contributed by atoms with Crippen LogP contribution >= 0.6 is 0 Å². The number of aromatic nitrogens is 2. The molecule has 1 aliphatic heterocycles. The fourth-order valence-electron chi connectivity index (χ4n) is 5.94. The normalized spacial score (nSPS) is 13.3. The first kappa shape index (κ1) is 30.0. The van der Waals surface area contributed by atoms with Gasteiger partial charge in [-0.3, -0.25) is 0 Å². The summed E-state index contributed by atoms with van der Waals surface area (Å²) in [6, 6.07) is 38.6. The van der Waals surface area contributed by atoms with Crippen molar-refractivity contribution in [3.63, 3.8) is 0 Å². The van der Waals surface area contributed by atoms with Gasteiger partial charge in [0.2, 0.25) is 0 Å². The van der Waals surface area contributed by atoms with Gasteiger partial charge in [-0.25, -0.2) is 4.98 Å². The number of hydrogen-bond acceptors (Lipinski definition) is 4. The smallest absolute Gasteiger partial charge is 0.509 e. The minimum Gasteiger partial charge on any atom is -0.509 e. The Balaban J connectivity index is 0.00000343. The maximum Gasteiger partial charge on any atom is 2.00 e. The minimum absolute atomic E-state index is 0. The molecule has 0 unspecified atom stereocenters. The number of nitrogens with zero attached hydrogens (tertiary/aromatic N) is 4. The van der Waals surface area contributed by atoms with Gasteiger partial charge >= 0.3 is 21.1 Å². The molecule has 3 heterocycles. The number of ether oxygens (including phenoxy) is 1. The topological polar surface area (TPSA) is 33.5 Å². The van der Waals surface area contributed by atoms with E-state index in [9.17, 15) is 0 Å². The number of para-hydroxylation sites is 3. The predicted molar refractivity (Wildman–Crippen MR) is 177 cm³/mol. The molecule has 0 spiro atoms. The Labute approximate surface area is 274 Å². The van der Waals surface area contributed by atoms with Gasteiger partial charge < -0.3 is 19.1 Å². The molecule has 0 saturated heterocycles. The fraction of sp³-hybridized carbons (Fsp3) is 0.237. The van der Waals surface area contributed by atoms with Crippen molar-refractivity contribution in [2.24, 2.45) is 0 Å². The summed E-state index contributed by atoms with van der Waals surface area (Å²) in [7, 11) is 0. The molecule has 0 bridgehead atoms. The molecule has 6 heteroatoms. The van der Waals surface area contributed by atoms with E-state index in [1.807, 2.05) is 24.4 Å². The minimum atomic E-state index is -0.0109. The van der Waals surface area contributed by atoms with Crippen LogP contribution in [0.3, 0.4) is 0 Å². The summed E-state index contributed by atoms with van der Waals surface area (Å²) in [5.74, 6) is 2.15. The third kappa shape index (κ3) is 5.28. The van der Waals surface area contributed by atoms with Crippen molar-refractivity contribution >= 4 is 38.9 Å². The first-order chi connectivity index (χ1) is 20.6. The summed E-state index contributed by atoms with van der Waals surface area (Å²) in [6.45, 7) is 14.2. The molecule has 2 aromatic heterocycles. The molecule has 6 aromatic rings. The maximum absolute atomic E-state index is 6.45. The molecule has 224 valence electrons. The largest absolute Gasteiger partial charge is 2.00 e. The van der Waals surface area contributed by atoms with E-state index in [4.69, 9.17) is 9.72 Å². The van der Waals surface area contributed by atoms with E-state index in [0.717, 1.165) is 40.0 Å². The van der Waals surface area contributed by atoms with Crippen LogP contribution in [0.2, 0.25) is 0 Å². The Morgan fingerprint density at radius 2 is 1.45 bits per heavy atom. The van der Waals surface area contributed by atoms with Crippen LogP contribution in [0.5, 0.6) is 11.5 Å². The van der Waals surface area contributed by atoms with Crippen LogP contribution in [0.1, 0.15) is 47.1 Å². The van der Waals surface area contributed by atoms with Crippen molar-refractivity contribution in [1.29, 1.82) is 0 Å². The number of fused-ring (bicyclic) bond motifs is 4. The van der Waals surface area contributed by atoms with E-state index in [0.29, 0.717) is 11.5 Å². The van der Waals surface area contributed by atoms with E-state index in [1.165, 1.54) is 16.9 Å². The first-order valence-electron chi connectivity index (χ1n) is 14.8. The zero-order chi connectivity index (χ0) is 29.9. The summed E-state index contributed by atoms with van der Waals surface area (Å²) in [4.78, 5) is 9.51. The van der Waals surface area contributed by atoms with Gasteiger partial charge in [0.25, 0.3) is 0 Å². The standard InChI is InChI=1S/C38H36N4O.Pt/c1-37(2,3)26-20-21-39-36(22-26)42-32-15-8-7-14-30(32)31-19-18-29(24-35(31)42)43-28-13-11-12-27(23-28)40-25-41(38(4,5)6)34-17-10-9-16-33(34)40;/h7-22H,25H2,1-6H3;/q-2;+2. The molecule has 0 saturated carbocycles. The molecular weight excluding hydrogens is 724 g/mol. The van der Waals surface area contributed by atoms with Gasteiger partial charge in [0.1, 0.15) is 5.82 Å². The van der Waals surface area contributed by atoms with Crippen molar-refractivity contribution in [2.75, 3.05) is 16.5 Å². The van der Waals surface area contributed by atoms with Crippen LogP contribution in [-0.4, -0.2) is 21.8 Å². The molecule has 0 amide bonds. The summed E-state index contributed by atoms with van der Waals surface area (Å²) < 4.78 is 8.64. The van der Waals surface area contributed by atoms with E-state index in [-0.39, 0.29) is 32.0 Å². The van der Waals surface area contributed by atoms with Gasteiger partial charge in [-0.05, 0) is 67.5 Å². The first-order valence-corrected chi connectivity index (χ1v) is 14.8. The van der Waals surface area contributed by atoms with Gasteiger partial charge in [0.05, 0.1) is 18.0 Å². The Bertz CT molecular complexity index is 1980. The van der Waals surface area contributed by atoms with Crippen molar-refractivity contribution in [2.45, 2.75) is 52.5 Å². The van der Waals surface area contributed by atoms with Gasteiger partial charge in [0.15, 0.2) is 0 Å². The third-order valence-corrected chi connectivity index (χ3v) is 8.22. The van der Waals surface area contributed by atoms with E-state index < -0.39 is 0 Å². The van der Waals surface area contributed by atoms with E-state index in [1.54, 1.807) is 0 Å². The zero-order valence-electron chi connectivity index (χ0n) is 26.0. The average Bonchev–Trinajstić information content (AvgIpc) is 3.53. The van der Waals surface area contributed by atoms with Gasteiger partial charge in [-0.1, -0.05) is 62.3 Å².